The Morgan fingerprint density at radius 1 is 1.14 bits per heavy atom. The van der Waals surface area contributed by atoms with Gasteiger partial charge in [0, 0.05) is 11.1 Å². The third kappa shape index (κ3) is 4.85. The van der Waals surface area contributed by atoms with Crippen molar-refractivity contribution in [1.82, 2.24) is 14.7 Å². The lowest BCUT2D eigenvalue weighted by molar-refractivity contribution is 0.0857. The van der Waals surface area contributed by atoms with E-state index in [4.69, 9.17) is 5.73 Å². The van der Waals surface area contributed by atoms with Crippen LogP contribution < -0.4 is 10.5 Å². The van der Waals surface area contributed by atoms with Crippen molar-refractivity contribution >= 4 is 17.2 Å². The molecule has 0 aliphatic rings. The fraction of sp³-hybridized carbons (Fsp3) is 0.200. The number of aliphatic hydroxyl groups is 1. The smallest absolute Gasteiger partial charge is 0.181 e. The molecule has 4 N–H and O–H groups in total. The Hall–Kier alpha value is -2.52. The van der Waals surface area contributed by atoms with Gasteiger partial charge in [0.2, 0.25) is 0 Å². The summed E-state index contributed by atoms with van der Waals surface area (Å²) in [7, 11) is 0. The summed E-state index contributed by atoms with van der Waals surface area (Å²) in [4.78, 5) is 8.54. The molecule has 0 saturated carbocycles. The summed E-state index contributed by atoms with van der Waals surface area (Å²) in [6.07, 6.45) is 2.78. The number of hydrogen-bond donors (Lipinski definition) is 3. The second kappa shape index (κ2) is 8.24. The van der Waals surface area contributed by atoms with E-state index in [-0.39, 0.29) is 12.4 Å². The first-order valence-electron chi connectivity index (χ1n) is 8.59. The van der Waals surface area contributed by atoms with E-state index in [9.17, 15) is 14.0 Å². The molecule has 8 heteroatoms. The van der Waals surface area contributed by atoms with Crippen molar-refractivity contribution < 1.29 is 14.0 Å². The van der Waals surface area contributed by atoms with Gasteiger partial charge in [0.25, 0.3) is 0 Å². The van der Waals surface area contributed by atoms with Gasteiger partial charge >= 0.3 is 0 Å². The van der Waals surface area contributed by atoms with E-state index in [0.29, 0.717) is 27.3 Å². The van der Waals surface area contributed by atoms with Gasteiger partial charge in [0.15, 0.2) is 4.90 Å². The maximum Gasteiger partial charge on any atom is 0.181 e. The maximum atomic E-state index is 14.7. The Labute approximate surface area is 166 Å². The first kappa shape index (κ1) is 20.2. The van der Waals surface area contributed by atoms with Gasteiger partial charge in [-0.3, -0.25) is 4.98 Å². The molecule has 28 heavy (non-hydrogen) atoms. The number of nitrogens with two attached hydrogens (primary N) is 1. The Morgan fingerprint density at radius 2 is 1.89 bits per heavy atom. The quantitative estimate of drug-likeness (QED) is 0.549. The molecule has 1 heterocycles. The number of hydrogen-bond acceptors (Lipinski definition) is 6. The normalized spacial score (nSPS) is 12.8. The molecule has 0 bridgehead atoms. The summed E-state index contributed by atoms with van der Waals surface area (Å²) in [6, 6.07) is 11.8. The highest BCUT2D eigenvalue weighted by Gasteiger charge is 2.22. The molecule has 0 radical (unpaired) electrons. The van der Waals surface area contributed by atoms with E-state index in [1.54, 1.807) is 50.2 Å². The molecule has 3 rings (SSSR count). The van der Waals surface area contributed by atoms with Gasteiger partial charge in [-0.25, -0.2) is 9.37 Å². The van der Waals surface area contributed by atoms with E-state index in [1.165, 1.54) is 18.5 Å². The van der Waals surface area contributed by atoms with Crippen LogP contribution in [0.2, 0.25) is 0 Å². The predicted molar refractivity (Wildman–Crippen MR) is 108 cm³/mol. The average molecular weight is 400 g/mol. The summed E-state index contributed by atoms with van der Waals surface area (Å²) >= 11 is -1.56. The average Bonchev–Trinajstić information content (AvgIpc) is 2.66. The minimum absolute atomic E-state index is 0.150. The van der Waals surface area contributed by atoms with E-state index in [0.717, 1.165) is 0 Å². The molecule has 1 atom stereocenters. The minimum Gasteiger partial charge on any atom is -0.593 e. The number of halogens is 1. The highest BCUT2D eigenvalue weighted by molar-refractivity contribution is 7.89. The molecular formula is C20H21FN4O2S. The van der Waals surface area contributed by atoms with Crippen molar-refractivity contribution in [2.75, 3.05) is 12.3 Å². The Balaban J connectivity index is 1.92. The fourth-order valence-corrected chi connectivity index (χ4v) is 3.78. The van der Waals surface area contributed by atoms with Crippen LogP contribution in [0.3, 0.4) is 0 Å². The lowest BCUT2D eigenvalue weighted by Crippen LogP contribution is -2.38. The fourth-order valence-electron chi connectivity index (χ4n) is 2.55. The van der Waals surface area contributed by atoms with E-state index >= 15 is 0 Å². The topological polar surface area (TPSA) is 107 Å². The number of nitrogens with one attached hydrogen (secondary N) is 1. The number of aromatic nitrogens is 2. The predicted octanol–water partition coefficient (Wildman–Crippen LogP) is 2.92. The van der Waals surface area contributed by atoms with Crippen LogP contribution in [-0.2, 0) is 11.4 Å². The van der Waals surface area contributed by atoms with E-state index in [1.807, 2.05) is 0 Å². The van der Waals surface area contributed by atoms with Crippen LogP contribution in [0.5, 0.6) is 0 Å². The zero-order valence-corrected chi connectivity index (χ0v) is 16.3. The zero-order chi connectivity index (χ0) is 20.3. The molecule has 1 unspecified atom stereocenters. The summed E-state index contributed by atoms with van der Waals surface area (Å²) in [5, 5.41) is 9.83. The molecule has 0 amide bonds. The number of benzene rings is 2. The SMILES string of the molecule is CC(C)(O)CN[S+]([O-])c1ccccc1-c1ccc(-c2cnc(N)cn2)c(F)c1. The van der Waals surface area contributed by atoms with Crippen LogP contribution in [0.15, 0.2) is 59.8 Å². The van der Waals surface area contributed by atoms with Gasteiger partial charge in [-0.2, -0.15) is 0 Å². The van der Waals surface area contributed by atoms with Gasteiger partial charge in [-0.1, -0.05) is 18.2 Å². The Morgan fingerprint density at radius 3 is 2.54 bits per heavy atom. The van der Waals surface area contributed by atoms with Gasteiger partial charge in [-0.05, 0) is 43.7 Å². The molecule has 0 fully saturated rings. The van der Waals surface area contributed by atoms with Crippen LogP contribution in [-0.4, -0.2) is 31.8 Å². The standard InChI is InChI=1S/C20H21FN4O2S/c1-20(2,26)12-25-28(27)18-6-4-3-5-14(18)13-7-8-15(16(21)9-13)17-10-24-19(22)11-23-17/h3-11,25-26H,12H2,1-2H3,(H2,22,24). The first-order chi connectivity index (χ1) is 13.2. The van der Waals surface area contributed by atoms with Crippen molar-refractivity contribution in [2.45, 2.75) is 24.3 Å². The van der Waals surface area contributed by atoms with Gasteiger partial charge < -0.3 is 15.4 Å². The van der Waals surface area contributed by atoms with Crippen molar-refractivity contribution in [2.24, 2.45) is 0 Å². The zero-order valence-electron chi connectivity index (χ0n) is 15.5. The minimum atomic E-state index is -1.56. The molecule has 3 aromatic rings. The van der Waals surface area contributed by atoms with E-state index < -0.39 is 22.8 Å². The number of nitrogens with zero attached hydrogens (tertiary/aromatic N) is 2. The van der Waals surface area contributed by atoms with Crippen LogP contribution >= 0.6 is 0 Å². The Kier molecular flexibility index (Phi) is 5.95. The highest BCUT2D eigenvalue weighted by Crippen LogP contribution is 2.31. The lowest BCUT2D eigenvalue weighted by Gasteiger charge is -2.20. The van der Waals surface area contributed by atoms with Crippen molar-refractivity contribution in [1.29, 1.82) is 0 Å². The van der Waals surface area contributed by atoms with E-state index in [2.05, 4.69) is 14.7 Å². The van der Waals surface area contributed by atoms with Crippen molar-refractivity contribution in [3.05, 3.63) is 60.7 Å². The molecule has 1 aromatic heterocycles. The number of rotatable bonds is 6. The summed E-state index contributed by atoms with van der Waals surface area (Å²) in [5.74, 6) is -0.211. The van der Waals surface area contributed by atoms with Gasteiger partial charge in [0.05, 0.1) is 41.6 Å². The Bertz CT molecular complexity index is 961. The van der Waals surface area contributed by atoms with Crippen molar-refractivity contribution in [3.63, 3.8) is 0 Å². The molecule has 2 aromatic carbocycles. The molecule has 6 nitrogen and oxygen atoms in total. The summed E-state index contributed by atoms with van der Waals surface area (Å²) in [6.45, 7) is 3.39. The van der Waals surface area contributed by atoms with Crippen molar-refractivity contribution in [3.8, 4) is 22.4 Å². The second-order valence-electron chi connectivity index (χ2n) is 6.92. The maximum absolute atomic E-state index is 14.7. The molecule has 0 aliphatic carbocycles. The lowest BCUT2D eigenvalue weighted by atomic mass is 10.0. The largest absolute Gasteiger partial charge is 0.593 e. The highest BCUT2D eigenvalue weighted by atomic mass is 32.2. The molecular weight excluding hydrogens is 379 g/mol. The second-order valence-corrected chi connectivity index (χ2v) is 8.19. The van der Waals surface area contributed by atoms with Gasteiger partial charge in [-0.15, -0.1) is 4.72 Å². The first-order valence-corrected chi connectivity index (χ1v) is 9.74. The molecule has 0 aliphatic heterocycles. The van der Waals surface area contributed by atoms with Crippen LogP contribution in [0.25, 0.3) is 22.4 Å². The van der Waals surface area contributed by atoms with Crippen LogP contribution in [0.1, 0.15) is 13.8 Å². The van der Waals surface area contributed by atoms with Crippen LogP contribution in [0.4, 0.5) is 10.2 Å². The summed E-state index contributed by atoms with van der Waals surface area (Å²) in [5.41, 5.74) is 6.42. The summed E-state index contributed by atoms with van der Waals surface area (Å²) < 4.78 is 30.2. The molecule has 0 saturated heterocycles. The third-order valence-corrected chi connectivity index (χ3v) is 5.11. The van der Waals surface area contributed by atoms with Crippen LogP contribution in [0, 0.1) is 5.82 Å². The number of anilines is 1. The molecule has 0 spiro atoms. The van der Waals surface area contributed by atoms with Gasteiger partial charge in [0.1, 0.15) is 11.6 Å². The monoisotopic (exact) mass is 400 g/mol. The third-order valence-electron chi connectivity index (χ3n) is 3.95. The number of nitrogen functional groups attached to an aromatic ring is 1. The molecule has 146 valence electrons.